The van der Waals surface area contributed by atoms with Gasteiger partial charge in [-0.05, 0) is 12.1 Å². The molecule has 0 aliphatic heterocycles. The molecule has 0 bridgehead atoms. The molecular weight excluding hydrogens is 220 g/mol. The summed E-state index contributed by atoms with van der Waals surface area (Å²) < 4.78 is 10.4. The van der Waals surface area contributed by atoms with Gasteiger partial charge in [-0.25, -0.2) is 0 Å². The number of aryl methyl sites for hydroxylation is 1. The molecule has 0 unspecified atom stereocenters. The van der Waals surface area contributed by atoms with E-state index in [0.717, 1.165) is 6.29 Å². The molecule has 5 nitrogen and oxygen atoms in total. The Hall–Kier alpha value is -2.17. The van der Waals surface area contributed by atoms with E-state index in [0.29, 0.717) is 29.4 Å². The standard InChI is InChI=1S/C12H12N2O3/c1-2-11-13-12(17-14-11)8-16-10-6-4-3-5-9(10)7-15/h3-7H,2,8H2,1H3. The summed E-state index contributed by atoms with van der Waals surface area (Å²) in [6.45, 7) is 2.11. The quantitative estimate of drug-likeness (QED) is 0.738. The Bertz CT molecular complexity index is 508. The van der Waals surface area contributed by atoms with E-state index in [1.54, 1.807) is 24.3 Å². The van der Waals surface area contributed by atoms with Crippen LogP contribution in [-0.4, -0.2) is 16.4 Å². The number of rotatable bonds is 5. The Labute approximate surface area is 98.4 Å². The number of para-hydroxylation sites is 1. The number of carbonyl (C=O) groups excluding carboxylic acids is 1. The van der Waals surface area contributed by atoms with Gasteiger partial charge in [0.25, 0.3) is 5.89 Å². The molecule has 0 saturated heterocycles. The molecule has 0 aliphatic rings. The van der Waals surface area contributed by atoms with Crippen LogP contribution in [0.1, 0.15) is 29.0 Å². The number of nitrogens with zero attached hydrogens (tertiary/aromatic N) is 2. The topological polar surface area (TPSA) is 65.2 Å². The first kappa shape index (κ1) is 11.3. The number of aldehydes is 1. The van der Waals surface area contributed by atoms with Crippen LogP contribution in [-0.2, 0) is 13.0 Å². The molecule has 1 aromatic heterocycles. The van der Waals surface area contributed by atoms with Crippen LogP contribution in [0.2, 0.25) is 0 Å². The minimum absolute atomic E-state index is 0.165. The van der Waals surface area contributed by atoms with Crippen LogP contribution < -0.4 is 4.74 Å². The second kappa shape index (κ2) is 5.25. The fourth-order valence-electron chi connectivity index (χ4n) is 1.34. The molecule has 0 spiro atoms. The maximum Gasteiger partial charge on any atom is 0.264 e. The lowest BCUT2D eigenvalue weighted by Gasteiger charge is -2.04. The van der Waals surface area contributed by atoms with Crippen molar-refractivity contribution in [3.05, 3.63) is 41.5 Å². The van der Waals surface area contributed by atoms with Crippen molar-refractivity contribution in [3.8, 4) is 5.75 Å². The molecular formula is C12H12N2O3. The second-order valence-electron chi connectivity index (χ2n) is 3.40. The van der Waals surface area contributed by atoms with Crippen molar-refractivity contribution in [1.29, 1.82) is 0 Å². The van der Waals surface area contributed by atoms with Gasteiger partial charge in [-0.3, -0.25) is 4.79 Å². The molecule has 0 fully saturated rings. The first-order chi connectivity index (χ1) is 8.33. The van der Waals surface area contributed by atoms with Crippen LogP contribution in [0.5, 0.6) is 5.75 Å². The minimum Gasteiger partial charge on any atom is -0.483 e. The van der Waals surface area contributed by atoms with Crippen molar-refractivity contribution in [2.75, 3.05) is 0 Å². The monoisotopic (exact) mass is 232 g/mol. The maximum atomic E-state index is 10.8. The van der Waals surface area contributed by atoms with Gasteiger partial charge in [0.15, 0.2) is 18.7 Å². The highest BCUT2D eigenvalue weighted by atomic mass is 16.5. The summed E-state index contributed by atoms with van der Waals surface area (Å²) in [5.74, 6) is 1.56. The van der Waals surface area contributed by atoms with Gasteiger partial charge >= 0.3 is 0 Å². The van der Waals surface area contributed by atoms with E-state index in [2.05, 4.69) is 10.1 Å². The molecule has 88 valence electrons. The molecule has 0 saturated carbocycles. The number of aromatic nitrogens is 2. The largest absolute Gasteiger partial charge is 0.483 e. The predicted octanol–water partition coefficient (Wildman–Crippen LogP) is 2.02. The number of carbonyl (C=O) groups is 1. The van der Waals surface area contributed by atoms with Crippen molar-refractivity contribution in [3.63, 3.8) is 0 Å². The van der Waals surface area contributed by atoms with E-state index in [4.69, 9.17) is 9.26 Å². The molecule has 2 aromatic rings. The van der Waals surface area contributed by atoms with E-state index in [9.17, 15) is 4.79 Å². The lowest BCUT2D eigenvalue weighted by Crippen LogP contribution is -1.98. The number of benzene rings is 1. The van der Waals surface area contributed by atoms with E-state index in [1.165, 1.54) is 0 Å². The van der Waals surface area contributed by atoms with Gasteiger partial charge in [-0.1, -0.05) is 24.2 Å². The SMILES string of the molecule is CCc1noc(COc2ccccc2C=O)n1. The first-order valence-corrected chi connectivity index (χ1v) is 5.32. The van der Waals surface area contributed by atoms with Crippen LogP contribution >= 0.6 is 0 Å². The van der Waals surface area contributed by atoms with Crippen LogP contribution in [0, 0.1) is 0 Å². The zero-order valence-corrected chi connectivity index (χ0v) is 9.42. The molecule has 1 aromatic carbocycles. The summed E-state index contributed by atoms with van der Waals surface area (Å²) in [6.07, 6.45) is 1.47. The second-order valence-corrected chi connectivity index (χ2v) is 3.40. The lowest BCUT2D eigenvalue weighted by atomic mass is 10.2. The summed E-state index contributed by atoms with van der Waals surface area (Å²) in [4.78, 5) is 14.9. The third kappa shape index (κ3) is 2.69. The Balaban J connectivity index is 2.04. The predicted molar refractivity (Wildman–Crippen MR) is 59.8 cm³/mol. The van der Waals surface area contributed by atoms with Crippen LogP contribution in [0.15, 0.2) is 28.8 Å². The molecule has 1 heterocycles. The van der Waals surface area contributed by atoms with Crippen molar-refractivity contribution in [2.45, 2.75) is 20.0 Å². The number of hydrogen-bond donors (Lipinski definition) is 0. The van der Waals surface area contributed by atoms with Gasteiger partial charge in [0.1, 0.15) is 5.75 Å². The van der Waals surface area contributed by atoms with Crippen LogP contribution in [0.4, 0.5) is 0 Å². The zero-order valence-electron chi connectivity index (χ0n) is 9.42. The highest BCUT2D eigenvalue weighted by Crippen LogP contribution is 2.16. The molecule has 0 N–H and O–H groups in total. The smallest absolute Gasteiger partial charge is 0.264 e. The van der Waals surface area contributed by atoms with Crippen molar-refractivity contribution >= 4 is 6.29 Å². The summed E-state index contributed by atoms with van der Waals surface area (Å²) >= 11 is 0. The van der Waals surface area contributed by atoms with E-state index in [-0.39, 0.29) is 6.61 Å². The molecule has 17 heavy (non-hydrogen) atoms. The summed E-state index contributed by atoms with van der Waals surface area (Å²) in [5, 5.41) is 3.75. The summed E-state index contributed by atoms with van der Waals surface area (Å²) in [7, 11) is 0. The van der Waals surface area contributed by atoms with Gasteiger partial charge in [0.2, 0.25) is 0 Å². The van der Waals surface area contributed by atoms with Crippen molar-refractivity contribution in [1.82, 2.24) is 10.1 Å². The van der Waals surface area contributed by atoms with Crippen molar-refractivity contribution < 1.29 is 14.1 Å². The normalized spacial score (nSPS) is 10.2. The van der Waals surface area contributed by atoms with E-state index >= 15 is 0 Å². The van der Waals surface area contributed by atoms with Gasteiger partial charge in [0.05, 0.1) is 5.56 Å². The van der Waals surface area contributed by atoms with Crippen LogP contribution in [0.3, 0.4) is 0 Å². The highest BCUT2D eigenvalue weighted by Gasteiger charge is 2.07. The average Bonchev–Trinajstić information content (AvgIpc) is 2.84. The summed E-state index contributed by atoms with van der Waals surface area (Å²) in [6, 6.07) is 6.99. The number of ether oxygens (including phenoxy) is 1. The fraction of sp³-hybridized carbons (Fsp3) is 0.250. The number of hydrogen-bond acceptors (Lipinski definition) is 5. The average molecular weight is 232 g/mol. The zero-order chi connectivity index (χ0) is 12.1. The van der Waals surface area contributed by atoms with Gasteiger partial charge in [0, 0.05) is 6.42 Å². The molecule has 0 amide bonds. The summed E-state index contributed by atoms with van der Waals surface area (Å²) in [5.41, 5.74) is 0.503. The Morgan fingerprint density at radius 1 is 1.41 bits per heavy atom. The fourth-order valence-corrected chi connectivity index (χ4v) is 1.34. The maximum absolute atomic E-state index is 10.8. The molecule has 2 rings (SSSR count). The van der Waals surface area contributed by atoms with Crippen molar-refractivity contribution in [2.24, 2.45) is 0 Å². The Morgan fingerprint density at radius 3 is 2.94 bits per heavy atom. The minimum atomic E-state index is 0.165. The van der Waals surface area contributed by atoms with E-state index in [1.807, 2.05) is 6.92 Å². The highest BCUT2D eigenvalue weighted by molar-refractivity contribution is 5.79. The Kier molecular flexibility index (Phi) is 3.49. The van der Waals surface area contributed by atoms with Gasteiger partial charge < -0.3 is 9.26 Å². The Morgan fingerprint density at radius 2 is 2.24 bits per heavy atom. The van der Waals surface area contributed by atoms with Gasteiger partial charge in [-0.15, -0.1) is 0 Å². The van der Waals surface area contributed by atoms with Gasteiger partial charge in [-0.2, -0.15) is 4.98 Å². The van der Waals surface area contributed by atoms with E-state index < -0.39 is 0 Å². The lowest BCUT2D eigenvalue weighted by molar-refractivity contribution is 0.111. The molecule has 0 atom stereocenters. The molecule has 0 aliphatic carbocycles. The molecule has 0 radical (unpaired) electrons. The third-order valence-electron chi connectivity index (χ3n) is 2.22. The molecule has 5 heteroatoms. The van der Waals surface area contributed by atoms with Crippen LogP contribution in [0.25, 0.3) is 0 Å². The first-order valence-electron chi connectivity index (χ1n) is 5.32. The third-order valence-corrected chi connectivity index (χ3v) is 2.22.